The van der Waals surface area contributed by atoms with E-state index < -0.39 is 0 Å². The third-order valence-corrected chi connectivity index (χ3v) is 3.97. The van der Waals surface area contributed by atoms with Gasteiger partial charge in [0.05, 0.1) is 6.61 Å². The van der Waals surface area contributed by atoms with Crippen molar-refractivity contribution < 1.29 is 9.13 Å². The number of methoxy groups -OCH3 is 1. The Balaban J connectivity index is 1.87. The molecule has 0 bridgehead atoms. The lowest BCUT2D eigenvalue weighted by atomic mass is 10.0. The number of ether oxygens (including phenoxy) is 1. The fraction of sp³-hybridized carbons (Fsp3) is 0.625. The van der Waals surface area contributed by atoms with Crippen molar-refractivity contribution in [1.29, 1.82) is 0 Å². The molecule has 0 heterocycles. The van der Waals surface area contributed by atoms with E-state index in [1.54, 1.807) is 7.11 Å². The second-order valence-corrected chi connectivity index (χ2v) is 5.44. The second-order valence-electron chi connectivity index (χ2n) is 5.44. The molecule has 3 nitrogen and oxygen atoms in total. The summed E-state index contributed by atoms with van der Waals surface area (Å²) in [7, 11) is 3.71. The van der Waals surface area contributed by atoms with Gasteiger partial charge in [-0.15, -0.1) is 0 Å². The lowest BCUT2D eigenvalue weighted by Gasteiger charge is -2.25. The zero-order valence-electron chi connectivity index (χ0n) is 12.4. The Kier molecular flexibility index (Phi) is 5.95. The van der Waals surface area contributed by atoms with Gasteiger partial charge in [0.2, 0.25) is 0 Å². The molecule has 1 aromatic rings. The van der Waals surface area contributed by atoms with E-state index in [9.17, 15) is 4.39 Å². The van der Waals surface area contributed by atoms with E-state index in [0.717, 1.165) is 37.7 Å². The SMILES string of the molecule is CNC(CCN(CCOC)C1CC1)c1ccc(F)cc1. The van der Waals surface area contributed by atoms with E-state index in [-0.39, 0.29) is 11.9 Å². The molecule has 1 N–H and O–H groups in total. The molecule has 1 saturated carbocycles. The molecule has 0 radical (unpaired) electrons. The number of benzene rings is 1. The largest absolute Gasteiger partial charge is 0.383 e. The van der Waals surface area contributed by atoms with Crippen molar-refractivity contribution >= 4 is 0 Å². The number of nitrogens with zero attached hydrogens (tertiary/aromatic N) is 1. The maximum Gasteiger partial charge on any atom is 0.123 e. The highest BCUT2D eigenvalue weighted by atomic mass is 19.1. The average Bonchev–Trinajstić information content (AvgIpc) is 3.29. The molecule has 1 unspecified atom stereocenters. The van der Waals surface area contributed by atoms with Crippen molar-refractivity contribution in [3.8, 4) is 0 Å². The standard InChI is InChI=1S/C16H25FN2O/c1-18-16(13-3-5-14(17)6-4-13)9-10-19(11-12-20-2)15-7-8-15/h3-6,15-16,18H,7-12H2,1-2H3. The quantitative estimate of drug-likeness (QED) is 0.752. The first-order valence-electron chi connectivity index (χ1n) is 7.40. The summed E-state index contributed by atoms with van der Waals surface area (Å²) in [6, 6.07) is 7.82. The van der Waals surface area contributed by atoms with Crippen LogP contribution in [-0.2, 0) is 4.74 Å². The molecular formula is C16H25FN2O. The van der Waals surface area contributed by atoms with E-state index in [1.165, 1.54) is 25.0 Å². The van der Waals surface area contributed by atoms with Gasteiger partial charge in [-0.3, -0.25) is 4.90 Å². The summed E-state index contributed by atoms with van der Waals surface area (Å²) in [6.45, 7) is 2.84. The minimum atomic E-state index is -0.177. The Morgan fingerprint density at radius 3 is 2.55 bits per heavy atom. The number of rotatable bonds is 9. The molecule has 20 heavy (non-hydrogen) atoms. The van der Waals surface area contributed by atoms with Gasteiger partial charge in [0.1, 0.15) is 5.82 Å². The summed E-state index contributed by atoms with van der Waals surface area (Å²) in [4.78, 5) is 2.51. The Morgan fingerprint density at radius 1 is 1.30 bits per heavy atom. The zero-order valence-corrected chi connectivity index (χ0v) is 12.4. The van der Waals surface area contributed by atoms with Crippen LogP contribution in [0.25, 0.3) is 0 Å². The lowest BCUT2D eigenvalue weighted by Crippen LogP contribution is -2.33. The maximum absolute atomic E-state index is 13.0. The van der Waals surface area contributed by atoms with Crippen LogP contribution in [-0.4, -0.2) is 44.8 Å². The lowest BCUT2D eigenvalue weighted by molar-refractivity contribution is 0.140. The Hall–Kier alpha value is -0.970. The molecule has 1 aliphatic rings. The van der Waals surface area contributed by atoms with Crippen LogP contribution >= 0.6 is 0 Å². The van der Waals surface area contributed by atoms with E-state index in [1.807, 2.05) is 19.2 Å². The fourth-order valence-electron chi connectivity index (χ4n) is 2.59. The molecule has 1 fully saturated rings. The fourth-order valence-corrected chi connectivity index (χ4v) is 2.59. The number of nitrogens with one attached hydrogen (secondary N) is 1. The van der Waals surface area contributed by atoms with Crippen LogP contribution in [0.2, 0.25) is 0 Å². The molecule has 4 heteroatoms. The molecule has 2 rings (SSSR count). The third kappa shape index (κ3) is 4.54. The van der Waals surface area contributed by atoms with Crippen LogP contribution in [0.5, 0.6) is 0 Å². The predicted molar refractivity (Wildman–Crippen MR) is 79.3 cm³/mol. The van der Waals surface area contributed by atoms with Crippen LogP contribution in [0.1, 0.15) is 30.9 Å². The topological polar surface area (TPSA) is 24.5 Å². The number of hydrogen-bond acceptors (Lipinski definition) is 3. The zero-order chi connectivity index (χ0) is 14.4. The second kappa shape index (κ2) is 7.72. The van der Waals surface area contributed by atoms with Crippen molar-refractivity contribution in [2.24, 2.45) is 0 Å². The normalized spacial score (nSPS) is 16.6. The highest BCUT2D eigenvalue weighted by Crippen LogP contribution is 2.28. The molecule has 0 aromatic heterocycles. The molecule has 0 saturated heterocycles. The summed E-state index contributed by atoms with van der Waals surface area (Å²) < 4.78 is 18.2. The van der Waals surface area contributed by atoms with Gasteiger partial charge in [0.25, 0.3) is 0 Å². The molecule has 0 spiro atoms. The van der Waals surface area contributed by atoms with Gasteiger partial charge >= 0.3 is 0 Å². The van der Waals surface area contributed by atoms with Crippen LogP contribution in [0.15, 0.2) is 24.3 Å². The minimum absolute atomic E-state index is 0.177. The number of hydrogen-bond donors (Lipinski definition) is 1. The van der Waals surface area contributed by atoms with E-state index in [4.69, 9.17) is 4.74 Å². The summed E-state index contributed by atoms with van der Waals surface area (Å²) in [5.41, 5.74) is 1.15. The first kappa shape index (κ1) is 15.4. The first-order chi connectivity index (χ1) is 9.74. The van der Waals surface area contributed by atoms with Gasteiger partial charge in [-0.2, -0.15) is 0 Å². The smallest absolute Gasteiger partial charge is 0.123 e. The summed E-state index contributed by atoms with van der Waals surface area (Å²) in [5.74, 6) is -0.177. The molecular weight excluding hydrogens is 255 g/mol. The summed E-state index contributed by atoms with van der Waals surface area (Å²) in [5, 5.41) is 3.33. The van der Waals surface area contributed by atoms with Gasteiger partial charge in [0.15, 0.2) is 0 Å². The average molecular weight is 280 g/mol. The van der Waals surface area contributed by atoms with Gasteiger partial charge in [-0.1, -0.05) is 12.1 Å². The monoisotopic (exact) mass is 280 g/mol. The Bertz CT molecular complexity index is 392. The van der Waals surface area contributed by atoms with Crippen molar-refractivity contribution in [1.82, 2.24) is 10.2 Å². The van der Waals surface area contributed by atoms with Crippen molar-refractivity contribution in [3.63, 3.8) is 0 Å². The van der Waals surface area contributed by atoms with E-state index in [2.05, 4.69) is 10.2 Å². The van der Waals surface area contributed by atoms with Crippen molar-refractivity contribution in [3.05, 3.63) is 35.6 Å². The molecule has 0 amide bonds. The van der Waals surface area contributed by atoms with Crippen molar-refractivity contribution in [2.75, 3.05) is 33.9 Å². The van der Waals surface area contributed by atoms with E-state index in [0.29, 0.717) is 0 Å². The van der Waals surface area contributed by atoms with Gasteiger partial charge in [-0.05, 0) is 44.0 Å². The number of halogens is 1. The van der Waals surface area contributed by atoms with Crippen LogP contribution < -0.4 is 5.32 Å². The Morgan fingerprint density at radius 2 is 2.00 bits per heavy atom. The summed E-state index contributed by atoms with van der Waals surface area (Å²) in [6.07, 6.45) is 3.65. The van der Waals surface area contributed by atoms with Crippen LogP contribution in [0, 0.1) is 5.82 Å². The van der Waals surface area contributed by atoms with Crippen LogP contribution in [0.4, 0.5) is 4.39 Å². The van der Waals surface area contributed by atoms with E-state index >= 15 is 0 Å². The molecule has 0 aliphatic heterocycles. The van der Waals surface area contributed by atoms with Crippen molar-refractivity contribution in [2.45, 2.75) is 31.3 Å². The Labute approximate surface area is 121 Å². The highest BCUT2D eigenvalue weighted by molar-refractivity contribution is 5.19. The maximum atomic E-state index is 13.0. The van der Waals surface area contributed by atoms with Gasteiger partial charge < -0.3 is 10.1 Å². The summed E-state index contributed by atoms with van der Waals surface area (Å²) >= 11 is 0. The predicted octanol–water partition coefficient (Wildman–Crippen LogP) is 2.59. The minimum Gasteiger partial charge on any atom is -0.383 e. The molecule has 112 valence electrons. The molecule has 1 atom stereocenters. The highest BCUT2D eigenvalue weighted by Gasteiger charge is 2.28. The van der Waals surface area contributed by atoms with Crippen LogP contribution in [0.3, 0.4) is 0 Å². The third-order valence-electron chi connectivity index (χ3n) is 3.97. The molecule has 1 aromatic carbocycles. The van der Waals surface area contributed by atoms with Gasteiger partial charge in [-0.25, -0.2) is 4.39 Å². The first-order valence-corrected chi connectivity index (χ1v) is 7.40. The van der Waals surface area contributed by atoms with Gasteiger partial charge in [0, 0.05) is 32.3 Å². The molecule has 1 aliphatic carbocycles.